The van der Waals surface area contributed by atoms with Gasteiger partial charge in [0.05, 0.1) is 14.4 Å². The first kappa shape index (κ1) is 14.3. The van der Waals surface area contributed by atoms with Crippen LogP contribution >= 0.6 is 27.3 Å². The number of carbonyl (C=O) groups excluding carboxylic acids is 1. The summed E-state index contributed by atoms with van der Waals surface area (Å²) in [6.07, 6.45) is 0.707. The topological polar surface area (TPSA) is 61.7 Å². The molecule has 0 saturated carbocycles. The van der Waals surface area contributed by atoms with E-state index in [9.17, 15) is 9.90 Å². The minimum Gasteiger partial charge on any atom is -0.381 e. The summed E-state index contributed by atoms with van der Waals surface area (Å²) in [6.45, 7) is 4.80. The fraction of sp³-hybridized carbons (Fsp3) is 0.455. The summed E-state index contributed by atoms with van der Waals surface area (Å²) in [5.74, 6) is -0.515. The van der Waals surface area contributed by atoms with Crippen molar-refractivity contribution in [3.63, 3.8) is 0 Å². The van der Waals surface area contributed by atoms with Crippen LogP contribution in [-0.4, -0.2) is 22.3 Å². The number of hydrogen-bond acceptors (Lipinski definition) is 4. The van der Waals surface area contributed by atoms with Gasteiger partial charge in [-0.15, -0.1) is 11.3 Å². The SMILES string of the molecule is CC/C(=N/NC(=O)C(C)(C)O)c1ccc(Br)s1. The number of hydrogen-bond donors (Lipinski definition) is 2. The van der Waals surface area contributed by atoms with Gasteiger partial charge in [-0.05, 0) is 48.3 Å². The molecule has 0 atom stereocenters. The second-order valence-corrected chi connectivity index (χ2v) is 6.48. The molecule has 0 bridgehead atoms. The molecule has 0 aromatic carbocycles. The fourth-order valence-corrected chi connectivity index (χ4v) is 2.48. The maximum Gasteiger partial charge on any atom is 0.271 e. The molecular formula is C11H15BrN2O2S. The van der Waals surface area contributed by atoms with E-state index in [1.165, 1.54) is 13.8 Å². The Labute approximate surface area is 113 Å². The predicted octanol–water partition coefficient (Wildman–Crippen LogP) is 2.51. The van der Waals surface area contributed by atoms with Gasteiger partial charge in [0.2, 0.25) is 0 Å². The smallest absolute Gasteiger partial charge is 0.271 e. The lowest BCUT2D eigenvalue weighted by molar-refractivity contribution is -0.136. The Morgan fingerprint density at radius 3 is 2.65 bits per heavy atom. The average molecular weight is 319 g/mol. The third kappa shape index (κ3) is 4.22. The number of rotatable bonds is 4. The number of aliphatic hydroxyl groups is 1. The van der Waals surface area contributed by atoms with E-state index >= 15 is 0 Å². The standard InChI is InChI=1S/C11H15BrN2O2S/c1-4-7(8-5-6-9(12)17-8)13-14-10(15)11(2,3)16/h5-6,16H,4H2,1-3H3,(H,14,15)/b13-7-. The van der Waals surface area contributed by atoms with Crippen molar-refractivity contribution < 1.29 is 9.90 Å². The van der Waals surface area contributed by atoms with Crippen molar-refractivity contribution >= 4 is 38.9 Å². The predicted molar refractivity (Wildman–Crippen MR) is 73.3 cm³/mol. The lowest BCUT2D eigenvalue weighted by Gasteiger charge is -2.14. The Hall–Kier alpha value is -0.720. The lowest BCUT2D eigenvalue weighted by atomic mass is 10.1. The highest BCUT2D eigenvalue weighted by Gasteiger charge is 2.23. The van der Waals surface area contributed by atoms with Gasteiger partial charge in [-0.1, -0.05) is 6.92 Å². The van der Waals surface area contributed by atoms with Gasteiger partial charge >= 0.3 is 0 Å². The Kier molecular flexibility index (Phi) is 4.85. The molecule has 1 heterocycles. The molecular weight excluding hydrogens is 304 g/mol. The molecule has 0 radical (unpaired) electrons. The van der Waals surface area contributed by atoms with E-state index < -0.39 is 11.5 Å². The molecule has 17 heavy (non-hydrogen) atoms. The first-order valence-corrected chi connectivity index (χ1v) is 6.80. The van der Waals surface area contributed by atoms with Crippen LogP contribution in [0.4, 0.5) is 0 Å². The number of nitrogens with zero attached hydrogens (tertiary/aromatic N) is 1. The molecule has 0 saturated heterocycles. The maximum atomic E-state index is 11.4. The molecule has 6 heteroatoms. The van der Waals surface area contributed by atoms with E-state index in [0.717, 1.165) is 14.4 Å². The van der Waals surface area contributed by atoms with E-state index in [1.807, 2.05) is 19.1 Å². The Morgan fingerprint density at radius 2 is 2.24 bits per heavy atom. The third-order valence-electron chi connectivity index (χ3n) is 2.04. The van der Waals surface area contributed by atoms with Gasteiger partial charge < -0.3 is 5.11 Å². The molecule has 0 aliphatic heterocycles. The summed E-state index contributed by atoms with van der Waals surface area (Å²) in [5.41, 5.74) is 1.74. The summed E-state index contributed by atoms with van der Waals surface area (Å²) in [4.78, 5) is 12.4. The van der Waals surface area contributed by atoms with E-state index in [4.69, 9.17) is 0 Å². The van der Waals surface area contributed by atoms with E-state index in [2.05, 4.69) is 26.5 Å². The third-order valence-corrected chi connectivity index (χ3v) is 3.71. The lowest BCUT2D eigenvalue weighted by Crippen LogP contribution is -2.40. The average Bonchev–Trinajstić information content (AvgIpc) is 2.64. The highest BCUT2D eigenvalue weighted by atomic mass is 79.9. The number of halogens is 1. The van der Waals surface area contributed by atoms with Crippen LogP contribution in [0, 0.1) is 0 Å². The van der Waals surface area contributed by atoms with Crippen molar-refractivity contribution in [3.05, 3.63) is 20.8 Å². The molecule has 0 aliphatic carbocycles. The number of carbonyl (C=O) groups is 1. The first-order valence-electron chi connectivity index (χ1n) is 5.19. The second-order valence-electron chi connectivity index (χ2n) is 4.02. The molecule has 1 rings (SSSR count). The van der Waals surface area contributed by atoms with Crippen LogP contribution in [0.25, 0.3) is 0 Å². The van der Waals surface area contributed by atoms with Crippen molar-refractivity contribution in [2.75, 3.05) is 0 Å². The van der Waals surface area contributed by atoms with Crippen molar-refractivity contribution in [2.24, 2.45) is 5.10 Å². The fourth-order valence-electron chi connectivity index (χ4n) is 1.03. The molecule has 1 aromatic heterocycles. The monoisotopic (exact) mass is 318 g/mol. The Balaban J connectivity index is 2.79. The van der Waals surface area contributed by atoms with Crippen molar-refractivity contribution in [1.29, 1.82) is 0 Å². The zero-order valence-corrected chi connectivity index (χ0v) is 12.4. The van der Waals surface area contributed by atoms with Crippen molar-refractivity contribution in [1.82, 2.24) is 5.43 Å². The van der Waals surface area contributed by atoms with Crippen LogP contribution in [0.1, 0.15) is 32.1 Å². The van der Waals surface area contributed by atoms with Crippen LogP contribution in [0.15, 0.2) is 21.0 Å². The summed E-state index contributed by atoms with van der Waals surface area (Å²) < 4.78 is 1.02. The van der Waals surface area contributed by atoms with E-state index in [0.29, 0.717) is 6.42 Å². The first-order chi connectivity index (χ1) is 7.84. The summed E-state index contributed by atoms with van der Waals surface area (Å²) in [6, 6.07) is 3.87. The number of amides is 1. The molecule has 1 aromatic rings. The number of thiophene rings is 1. The molecule has 4 nitrogen and oxygen atoms in total. The van der Waals surface area contributed by atoms with E-state index in [-0.39, 0.29) is 0 Å². The quantitative estimate of drug-likeness (QED) is 0.662. The highest BCUT2D eigenvalue weighted by Crippen LogP contribution is 2.23. The van der Waals surface area contributed by atoms with Gasteiger partial charge in [0.15, 0.2) is 0 Å². The normalized spacial score (nSPS) is 12.6. The van der Waals surface area contributed by atoms with Gasteiger partial charge in [-0.25, -0.2) is 5.43 Å². The van der Waals surface area contributed by atoms with Gasteiger partial charge in [-0.2, -0.15) is 5.10 Å². The number of nitrogens with one attached hydrogen (secondary N) is 1. The molecule has 0 aliphatic rings. The highest BCUT2D eigenvalue weighted by molar-refractivity contribution is 9.11. The van der Waals surface area contributed by atoms with Crippen LogP contribution in [0.5, 0.6) is 0 Å². The zero-order valence-electron chi connectivity index (χ0n) is 9.95. The van der Waals surface area contributed by atoms with Crippen molar-refractivity contribution in [3.8, 4) is 0 Å². The molecule has 0 fully saturated rings. The van der Waals surface area contributed by atoms with Crippen LogP contribution in [0.3, 0.4) is 0 Å². The number of hydrazone groups is 1. The molecule has 2 N–H and O–H groups in total. The van der Waals surface area contributed by atoms with Crippen LogP contribution < -0.4 is 5.43 Å². The Morgan fingerprint density at radius 1 is 1.59 bits per heavy atom. The van der Waals surface area contributed by atoms with Gasteiger partial charge in [0.1, 0.15) is 5.60 Å². The zero-order chi connectivity index (χ0) is 13.1. The van der Waals surface area contributed by atoms with Gasteiger partial charge in [-0.3, -0.25) is 4.79 Å². The maximum absolute atomic E-state index is 11.4. The second kappa shape index (κ2) is 5.75. The largest absolute Gasteiger partial charge is 0.381 e. The van der Waals surface area contributed by atoms with Crippen LogP contribution in [-0.2, 0) is 4.79 Å². The summed E-state index contributed by atoms with van der Waals surface area (Å²) in [7, 11) is 0. The molecule has 94 valence electrons. The molecule has 1 amide bonds. The van der Waals surface area contributed by atoms with Gasteiger partial charge in [0, 0.05) is 0 Å². The van der Waals surface area contributed by atoms with E-state index in [1.54, 1.807) is 11.3 Å². The minimum atomic E-state index is -1.42. The summed E-state index contributed by atoms with van der Waals surface area (Å²) >= 11 is 4.93. The van der Waals surface area contributed by atoms with Crippen molar-refractivity contribution in [2.45, 2.75) is 32.8 Å². The van der Waals surface area contributed by atoms with Crippen LogP contribution in [0.2, 0.25) is 0 Å². The Bertz CT molecular complexity index is 435. The summed E-state index contributed by atoms with van der Waals surface area (Å²) in [5, 5.41) is 13.5. The molecule has 0 unspecified atom stereocenters. The minimum absolute atomic E-state index is 0.515. The van der Waals surface area contributed by atoms with Gasteiger partial charge in [0.25, 0.3) is 5.91 Å². The molecule has 0 spiro atoms.